The number of benzene rings is 1. The fourth-order valence-corrected chi connectivity index (χ4v) is 3.91. The van der Waals surface area contributed by atoms with Crippen molar-refractivity contribution in [2.45, 2.75) is 18.8 Å². The lowest BCUT2D eigenvalue weighted by atomic mass is 9.98. The second kappa shape index (κ2) is 8.91. The van der Waals surface area contributed by atoms with Crippen molar-refractivity contribution in [2.75, 3.05) is 19.0 Å². The van der Waals surface area contributed by atoms with Crippen LogP contribution in [0.1, 0.15) is 22.1 Å². The lowest BCUT2D eigenvalue weighted by Crippen LogP contribution is -2.13. The number of aliphatic carboxylic acids is 1. The van der Waals surface area contributed by atoms with Crippen molar-refractivity contribution in [2.24, 2.45) is 0 Å². The molecule has 3 N–H and O–H groups in total. The third-order valence-electron chi connectivity index (χ3n) is 4.87. The van der Waals surface area contributed by atoms with Gasteiger partial charge in [-0.15, -0.1) is 5.10 Å². The lowest BCUT2D eigenvalue weighted by Gasteiger charge is -2.09. The molecule has 1 unspecified atom stereocenters. The molecule has 8 nitrogen and oxygen atoms in total. The normalized spacial score (nSPS) is 12.0. The minimum absolute atomic E-state index is 0.368. The number of pyridine rings is 1. The third-order valence-corrected chi connectivity index (χ3v) is 5.65. The summed E-state index contributed by atoms with van der Waals surface area (Å²) in [4.78, 5) is 20.1. The van der Waals surface area contributed by atoms with Crippen LogP contribution in [0.25, 0.3) is 10.9 Å². The number of nitrogens with zero attached hydrogens (tertiary/aromatic N) is 3. The maximum absolute atomic E-state index is 11.7. The van der Waals surface area contributed by atoms with Crippen molar-refractivity contribution < 1.29 is 14.6 Å². The first-order valence-corrected chi connectivity index (χ1v) is 10.3. The average molecular weight is 423 g/mol. The molecule has 154 valence electrons. The maximum Gasteiger partial charge on any atom is 0.312 e. The van der Waals surface area contributed by atoms with Gasteiger partial charge in [0.2, 0.25) is 0 Å². The summed E-state index contributed by atoms with van der Waals surface area (Å²) in [5.74, 6) is 0.0378. The highest BCUT2D eigenvalue weighted by Crippen LogP contribution is 2.29. The number of rotatable bonds is 9. The van der Waals surface area contributed by atoms with E-state index in [1.807, 2.05) is 49.6 Å². The minimum Gasteiger partial charge on any atom is -0.493 e. The third kappa shape index (κ3) is 4.41. The highest BCUT2D eigenvalue weighted by molar-refractivity contribution is 7.05. The van der Waals surface area contributed by atoms with E-state index in [4.69, 9.17) is 4.74 Å². The van der Waals surface area contributed by atoms with E-state index in [9.17, 15) is 9.90 Å². The van der Waals surface area contributed by atoms with Gasteiger partial charge in [-0.05, 0) is 47.8 Å². The summed E-state index contributed by atoms with van der Waals surface area (Å²) < 4.78 is 9.67. The Hall–Kier alpha value is -3.46. The van der Waals surface area contributed by atoms with Crippen LogP contribution in [-0.2, 0) is 17.6 Å². The Bertz CT molecular complexity index is 1140. The standard InChI is InChI=1S/C21H21N5O3S/c1-22-20-4-2-3-14(25-20)7-8-29-15-5-6-16-13(11-23-18(16)10-15)9-17(21(27)28)19-12-24-26-30-19/h2-6,10-12,17,23H,7-9H2,1H3,(H,22,25)(H,27,28). The molecule has 0 fully saturated rings. The summed E-state index contributed by atoms with van der Waals surface area (Å²) in [5, 5.41) is 17.4. The number of H-pyrrole nitrogens is 1. The first-order chi connectivity index (χ1) is 14.6. The molecule has 3 aromatic heterocycles. The zero-order valence-corrected chi connectivity index (χ0v) is 17.1. The van der Waals surface area contributed by atoms with Crippen LogP contribution in [0.3, 0.4) is 0 Å². The lowest BCUT2D eigenvalue weighted by molar-refractivity contribution is -0.138. The van der Waals surface area contributed by atoms with Crippen molar-refractivity contribution >= 4 is 34.2 Å². The number of hydrogen-bond donors (Lipinski definition) is 3. The summed E-state index contributed by atoms with van der Waals surface area (Å²) in [6.45, 7) is 0.513. The fraction of sp³-hybridized carbons (Fsp3) is 0.238. The molecule has 0 spiro atoms. The number of aromatic amines is 1. The molecule has 3 heterocycles. The predicted octanol–water partition coefficient (Wildman–Crippen LogP) is 3.49. The molecule has 0 radical (unpaired) electrons. The number of anilines is 1. The zero-order chi connectivity index (χ0) is 20.9. The van der Waals surface area contributed by atoms with Crippen LogP contribution < -0.4 is 10.1 Å². The quantitative estimate of drug-likeness (QED) is 0.378. The van der Waals surface area contributed by atoms with Gasteiger partial charge in [0.15, 0.2) is 0 Å². The van der Waals surface area contributed by atoms with Gasteiger partial charge in [-0.25, -0.2) is 4.98 Å². The van der Waals surface area contributed by atoms with Crippen LogP contribution in [0, 0.1) is 0 Å². The van der Waals surface area contributed by atoms with E-state index in [0.717, 1.165) is 45.3 Å². The number of carboxylic acid groups (broad SMARTS) is 1. The highest BCUT2D eigenvalue weighted by Gasteiger charge is 2.24. The largest absolute Gasteiger partial charge is 0.493 e. The summed E-state index contributed by atoms with van der Waals surface area (Å²) in [6, 6.07) is 11.7. The average Bonchev–Trinajstić information content (AvgIpc) is 3.42. The van der Waals surface area contributed by atoms with Crippen LogP contribution in [0.4, 0.5) is 5.82 Å². The SMILES string of the molecule is CNc1cccc(CCOc2ccc3c(CC(C(=O)O)c4cnns4)c[nH]c3c2)n1. The first-order valence-electron chi connectivity index (χ1n) is 9.50. The van der Waals surface area contributed by atoms with Gasteiger partial charge < -0.3 is 20.1 Å². The molecule has 4 rings (SSSR count). The van der Waals surface area contributed by atoms with E-state index < -0.39 is 11.9 Å². The van der Waals surface area contributed by atoms with Gasteiger partial charge >= 0.3 is 5.97 Å². The molecule has 0 saturated carbocycles. The van der Waals surface area contributed by atoms with Crippen LogP contribution in [0.15, 0.2) is 48.8 Å². The smallest absolute Gasteiger partial charge is 0.312 e. The van der Waals surface area contributed by atoms with E-state index in [-0.39, 0.29) is 0 Å². The molecule has 9 heteroatoms. The van der Waals surface area contributed by atoms with E-state index in [1.165, 1.54) is 6.20 Å². The van der Waals surface area contributed by atoms with Gasteiger partial charge in [-0.1, -0.05) is 10.6 Å². The molecule has 0 amide bonds. The number of aromatic nitrogens is 4. The van der Waals surface area contributed by atoms with Crippen molar-refractivity contribution in [1.29, 1.82) is 0 Å². The molecular weight excluding hydrogens is 402 g/mol. The van der Waals surface area contributed by atoms with Gasteiger partial charge in [-0.3, -0.25) is 4.79 Å². The first kappa shape index (κ1) is 19.8. The molecule has 0 aliphatic carbocycles. The number of hydrogen-bond acceptors (Lipinski definition) is 7. The summed E-state index contributed by atoms with van der Waals surface area (Å²) >= 11 is 1.12. The van der Waals surface area contributed by atoms with Gasteiger partial charge in [0.25, 0.3) is 0 Å². The monoisotopic (exact) mass is 423 g/mol. The number of carboxylic acids is 1. The second-order valence-corrected chi connectivity index (χ2v) is 7.62. The molecule has 4 aromatic rings. The zero-order valence-electron chi connectivity index (χ0n) is 16.3. The van der Waals surface area contributed by atoms with Gasteiger partial charge in [-0.2, -0.15) is 0 Å². The molecule has 1 aromatic carbocycles. The minimum atomic E-state index is -0.883. The van der Waals surface area contributed by atoms with Crippen LogP contribution >= 0.6 is 11.5 Å². The summed E-state index contributed by atoms with van der Waals surface area (Å²) in [6.07, 6.45) is 4.44. The molecule has 0 aliphatic heterocycles. The number of nitrogens with one attached hydrogen (secondary N) is 2. The molecular formula is C21H21N5O3S. The number of carbonyl (C=O) groups is 1. The predicted molar refractivity (Wildman–Crippen MR) is 115 cm³/mol. The number of ether oxygens (including phenoxy) is 1. The Kier molecular flexibility index (Phi) is 5.89. The van der Waals surface area contributed by atoms with Crippen LogP contribution in [0.2, 0.25) is 0 Å². The fourth-order valence-electron chi connectivity index (χ4n) is 3.31. The highest BCUT2D eigenvalue weighted by atomic mass is 32.1. The van der Waals surface area contributed by atoms with E-state index in [0.29, 0.717) is 24.3 Å². The van der Waals surface area contributed by atoms with Gasteiger partial charge in [0, 0.05) is 42.3 Å². The number of fused-ring (bicyclic) bond motifs is 1. The Morgan fingerprint density at radius 1 is 1.33 bits per heavy atom. The van der Waals surface area contributed by atoms with Crippen LogP contribution in [0.5, 0.6) is 5.75 Å². The Balaban J connectivity index is 1.43. The van der Waals surface area contributed by atoms with Gasteiger partial charge in [0.05, 0.1) is 23.6 Å². The summed E-state index contributed by atoms with van der Waals surface area (Å²) in [5.41, 5.74) is 2.80. The molecule has 0 aliphatic rings. The van der Waals surface area contributed by atoms with Crippen molar-refractivity contribution in [3.8, 4) is 5.75 Å². The summed E-state index contributed by atoms with van der Waals surface area (Å²) in [7, 11) is 1.84. The molecule has 0 bridgehead atoms. The second-order valence-electron chi connectivity index (χ2n) is 6.80. The van der Waals surface area contributed by atoms with Gasteiger partial charge in [0.1, 0.15) is 11.6 Å². The Labute approximate surface area is 177 Å². The van der Waals surface area contributed by atoms with Crippen molar-refractivity contribution in [1.82, 2.24) is 19.6 Å². The molecule has 30 heavy (non-hydrogen) atoms. The van der Waals surface area contributed by atoms with Crippen molar-refractivity contribution in [3.63, 3.8) is 0 Å². The van der Waals surface area contributed by atoms with E-state index in [2.05, 4.69) is 24.9 Å². The van der Waals surface area contributed by atoms with Crippen molar-refractivity contribution in [3.05, 3.63) is 64.9 Å². The Morgan fingerprint density at radius 2 is 2.23 bits per heavy atom. The van der Waals surface area contributed by atoms with E-state index in [1.54, 1.807) is 0 Å². The van der Waals surface area contributed by atoms with Crippen LogP contribution in [-0.4, -0.2) is 44.3 Å². The Morgan fingerprint density at radius 3 is 3.00 bits per heavy atom. The maximum atomic E-state index is 11.7. The molecule has 1 atom stereocenters. The van der Waals surface area contributed by atoms with E-state index >= 15 is 0 Å². The molecule has 0 saturated heterocycles. The topological polar surface area (TPSA) is 113 Å².